The molecule has 7 heteroatoms. The number of sulfonamides is 1. The number of piperidine rings is 1. The second kappa shape index (κ2) is 7.30. The van der Waals surface area contributed by atoms with E-state index >= 15 is 0 Å². The lowest BCUT2D eigenvalue weighted by atomic mass is 9.97. The van der Waals surface area contributed by atoms with Crippen LogP contribution in [-0.2, 0) is 14.8 Å². The number of hydrogen-bond donors (Lipinski definition) is 0. The molecule has 0 unspecified atom stereocenters. The molecule has 0 radical (unpaired) electrons. The Kier molecular flexibility index (Phi) is 5.52. The van der Waals surface area contributed by atoms with E-state index in [1.807, 2.05) is 0 Å². The molecular formula is C17H31N3O3S. The fourth-order valence-electron chi connectivity index (χ4n) is 4.20. The quantitative estimate of drug-likeness (QED) is 0.736. The van der Waals surface area contributed by atoms with Gasteiger partial charge in [-0.2, -0.15) is 0 Å². The second-order valence-corrected chi connectivity index (χ2v) is 10.2. The third-order valence-corrected chi connectivity index (χ3v) is 8.23. The molecule has 0 atom stereocenters. The molecule has 138 valence electrons. The van der Waals surface area contributed by atoms with Crippen molar-refractivity contribution in [3.05, 3.63) is 0 Å². The lowest BCUT2D eigenvalue weighted by molar-refractivity contribution is -0.138. The molecule has 2 aliphatic heterocycles. The van der Waals surface area contributed by atoms with Crippen LogP contribution in [0.4, 0.5) is 0 Å². The van der Waals surface area contributed by atoms with Gasteiger partial charge in [0.1, 0.15) is 5.25 Å². The summed E-state index contributed by atoms with van der Waals surface area (Å²) in [7, 11) is 0.536. The third-order valence-electron chi connectivity index (χ3n) is 6.07. The Balaban J connectivity index is 1.48. The maximum atomic E-state index is 12.7. The Morgan fingerprint density at radius 1 is 1.08 bits per heavy atom. The maximum Gasteiger partial charge on any atom is 0.225 e. The van der Waals surface area contributed by atoms with Gasteiger partial charge in [-0.15, -0.1) is 0 Å². The van der Waals surface area contributed by atoms with Gasteiger partial charge in [0.25, 0.3) is 0 Å². The van der Waals surface area contributed by atoms with Gasteiger partial charge in [-0.3, -0.25) is 4.79 Å². The summed E-state index contributed by atoms with van der Waals surface area (Å²) in [6, 6.07) is 0. The summed E-state index contributed by atoms with van der Waals surface area (Å²) in [6.07, 6.45) is 6.34. The smallest absolute Gasteiger partial charge is 0.225 e. The Labute approximate surface area is 146 Å². The maximum absolute atomic E-state index is 12.7. The molecule has 0 aromatic heterocycles. The number of hydrogen-bond acceptors (Lipinski definition) is 4. The van der Waals surface area contributed by atoms with Crippen molar-refractivity contribution >= 4 is 15.9 Å². The van der Waals surface area contributed by atoms with Crippen LogP contribution in [0.15, 0.2) is 0 Å². The summed E-state index contributed by atoms with van der Waals surface area (Å²) in [4.78, 5) is 16.4. The summed E-state index contributed by atoms with van der Waals surface area (Å²) < 4.78 is 27.0. The number of amides is 1. The highest BCUT2D eigenvalue weighted by molar-refractivity contribution is 7.89. The van der Waals surface area contributed by atoms with E-state index in [4.69, 9.17) is 0 Å². The number of likely N-dealkylation sites (tertiary alicyclic amines) is 2. The number of carbonyl (C=O) groups excluding carboxylic acids is 1. The molecule has 3 rings (SSSR count). The number of carbonyl (C=O) groups is 1. The Morgan fingerprint density at radius 3 is 2.25 bits per heavy atom. The molecule has 1 saturated carbocycles. The van der Waals surface area contributed by atoms with Gasteiger partial charge >= 0.3 is 0 Å². The standard InChI is InChI=1S/C17H31N3O3S/c1-18-9-7-14(8-10-18)11-19(2)24(22,23)16-12-20(13-16)17(21)15-5-3-4-6-15/h14-16H,3-13H2,1-2H3. The van der Waals surface area contributed by atoms with Gasteiger partial charge in [0.2, 0.25) is 15.9 Å². The molecule has 2 saturated heterocycles. The van der Waals surface area contributed by atoms with Crippen molar-refractivity contribution in [2.75, 3.05) is 46.8 Å². The van der Waals surface area contributed by atoms with Crippen LogP contribution in [0.1, 0.15) is 38.5 Å². The topological polar surface area (TPSA) is 60.9 Å². The molecule has 24 heavy (non-hydrogen) atoms. The highest BCUT2D eigenvalue weighted by Crippen LogP contribution is 2.30. The predicted octanol–water partition coefficient (Wildman–Crippen LogP) is 0.991. The molecule has 0 spiro atoms. The summed E-state index contributed by atoms with van der Waals surface area (Å²) in [6.45, 7) is 3.48. The molecule has 6 nitrogen and oxygen atoms in total. The van der Waals surface area contributed by atoms with Gasteiger partial charge in [0.15, 0.2) is 0 Å². The molecule has 1 aliphatic carbocycles. The lowest BCUT2D eigenvalue weighted by Gasteiger charge is -2.42. The SMILES string of the molecule is CN1CCC(CN(C)S(=O)(=O)C2CN(C(=O)C3CCCC3)C2)CC1. The fraction of sp³-hybridized carbons (Fsp3) is 0.941. The molecule has 1 amide bonds. The van der Waals surface area contributed by atoms with Crippen molar-refractivity contribution in [3.8, 4) is 0 Å². The fourth-order valence-corrected chi connectivity index (χ4v) is 5.87. The van der Waals surface area contributed by atoms with Crippen LogP contribution >= 0.6 is 0 Å². The average Bonchev–Trinajstić information content (AvgIpc) is 3.02. The van der Waals surface area contributed by atoms with E-state index in [2.05, 4.69) is 11.9 Å². The lowest BCUT2D eigenvalue weighted by Crippen LogP contribution is -2.60. The van der Waals surface area contributed by atoms with Gasteiger partial charge in [0, 0.05) is 32.6 Å². The first-order chi connectivity index (χ1) is 11.4. The zero-order valence-corrected chi connectivity index (χ0v) is 15.8. The first-order valence-corrected chi connectivity index (χ1v) is 10.8. The monoisotopic (exact) mass is 357 g/mol. The second-order valence-electron chi connectivity index (χ2n) is 7.92. The minimum absolute atomic E-state index is 0.144. The van der Waals surface area contributed by atoms with E-state index in [1.54, 1.807) is 16.3 Å². The van der Waals surface area contributed by atoms with Gasteiger partial charge in [-0.1, -0.05) is 12.8 Å². The Bertz CT molecular complexity index is 545. The average molecular weight is 358 g/mol. The van der Waals surface area contributed by atoms with Gasteiger partial charge in [-0.25, -0.2) is 12.7 Å². The molecule has 0 aromatic rings. The van der Waals surface area contributed by atoms with E-state index in [-0.39, 0.29) is 11.8 Å². The van der Waals surface area contributed by atoms with Gasteiger partial charge < -0.3 is 9.80 Å². The van der Waals surface area contributed by atoms with E-state index in [9.17, 15) is 13.2 Å². The molecule has 0 N–H and O–H groups in total. The van der Waals surface area contributed by atoms with Crippen molar-refractivity contribution in [1.82, 2.24) is 14.1 Å². The Morgan fingerprint density at radius 2 is 1.67 bits per heavy atom. The van der Waals surface area contributed by atoms with Crippen LogP contribution in [-0.4, -0.2) is 80.5 Å². The third kappa shape index (κ3) is 3.78. The zero-order valence-electron chi connectivity index (χ0n) is 15.0. The van der Waals surface area contributed by atoms with Crippen LogP contribution in [0, 0.1) is 11.8 Å². The highest BCUT2D eigenvalue weighted by atomic mass is 32.2. The molecule has 0 aromatic carbocycles. The number of rotatable bonds is 5. The molecular weight excluding hydrogens is 326 g/mol. The van der Waals surface area contributed by atoms with E-state index < -0.39 is 15.3 Å². The van der Waals surface area contributed by atoms with Crippen LogP contribution in [0.3, 0.4) is 0 Å². The van der Waals surface area contributed by atoms with Crippen molar-refractivity contribution < 1.29 is 13.2 Å². The summed E-state index contributed by atoms with van der Waals surface area (Å²) in [5.74, 6) is 0.778. The normalized spacial score (nSPS) is 25.4. The van der Waals surface area contributed by atoms with Crippen LogP contribution in [0.5, 0.6) is 0 Å². The van der Waals surface area contributed by atoms with Gasteiger partial charge in [0.05, 0.1) is 0 Å². The van der Waals surface area contributed by atoms with Gasteiger partial charge in [-0.05, 0) is 51.7 Å². The van der Waals surface area contributed by atoms with Crippen molar-refractivity contribution in [2.24, 2.45) is 11.8 Å². The van der Waals surface area contributed by atoms with Crippen LogP contribution in [0.25, 0.3) is 0 Å². The molecule has 3 fully saturated rings. The number of nitrogens with zero attached hydrogens (tertiary/aromatic N) is 3. The first kappa shape index (κ1) is 18.1. The van der Waals surface area contributed by atoms with Crippen molar-refractivity contribution in [1.29, 1.82) is 0 Å². The minimum Gasteiger partial charge on any atom is -0.340 e. The van der Waals surface area contributed by atoms with Crippen molar-refractivity contribution in [3.63, 3.8) is 0 Å². The summed E-state index contributed by atoms with van der Waals surface area (Å²) >= 11 is 0. The molecule has 0 bridgehead atoms. The Hall–Kier alpha value is -0.660. The predicted molar refractivity (Wildman–Crippen MR) is 94.1 cm³/mol. The first-order valence-electron chi connectivity index (χ1n) is 9.30. The molecule has 2 heterocycles. The zero-order chi connectivity index (χ0) is 17.3. The molecule has 3 aliphatic rings. The van der Waals surface area contributed by atoms with E-state index in [1.165, 1.54) is 0 Å². The summed E-state index contributed by atoms with van der Waals surface area (Å²) in [5, 5.41) is -0.404. The van der Waals surface area contributed by atoms with E-state index in [0.29, 0.717) is 25.6 Å². The summed E-state index contributed by atoms with van der Waals surface area (Å²) in [5.41, 5.74) is 0. The van der Waals surface area contributed by atoms with Crippen molar-refractivity contribution in [2.45, 2.75) is 43.8 Å². The highest BCUT2D eigenvalue weighted by Gasteiger charge is 2.43. The largest absolute Gasteiger partial charge is 0.340 e. The van der Waals surface area contributed by atoms with E-state index in [0.717, 1.165) is 51.6 Å². The minimum atomic E-state index is -3.28. The van der Waals surface area contributed by atoms with Crippen LogP contribution < -0.4 is 0 Å². The van der Waals surface area contributed by atoms with Crippen LogP contribution in [0.2, 0.25) is 0 Å².